The molecule has 0 bridgehead atoms. The van der Waals surface area contributed by atoms with Gasteiger partial charge in [0, 0.05) is 24.1 Å². The summed E-state index contributed by atoms with van der Waals surface area (Å²) in [6.45, 7) is 0. The Bertz CT molecular complexity index is 827. The zero-order valence-corrected chi connectivity index (χ0v) is 13.7. The molecule has 1 aliphatic rings. The van der Waals surface area contributed by atoms with Crippen LogP contribution in [-0.2, 0) is 4.79 Å². The summed E-state index contributed by atoms with van der Waals surface area (Å²) in [6.07, 6.45) is 1.90. The number of carboxylic acid groups (broad SMARTS) is 1. The molecular formula is C15H14N4O5S. The van der Waals surface area contributed by atoms with Crippen molar-refractivity contribution in [1.82, 2.24) is 15.1 Å². The average molecular weight is 362 g/mol. The Kier molecular flexibility index (Phi) is 4.45. The minimum absolute atomic E-state index is 0.0454. The number of nitro benzene ring substituents is 1. The summed E-state index contributed by atoms with van der Waals surface area (Å²) in [5, 5.41) is 26.8. The third-order valence-electron chi connectivity index (χ3n) is 3.93. The summed E-state index contributed by atoms with van der Waals surface area (Å²) in [6, 6.07) is 7.17. The third-order valence-corrected chi connectivity index (χ3v) is 5.12. The van der Waals surface area contributed by atoms with Crippen LogP contribution >= 0.6 is 11.8 Å². The maximum atomic E-state index is 12.3. The Hall–Kier alpha value is -2.88. The standard InChI is InChI=1S/C15H14N4O5S/c20-13(16-15(14(21)22)6-8-25-9-15)12-5-7-18(17-12)10-1-3-11(4-2-10)19(23)24/h1-5,7H,6,8-9H2,(H,16,20)(H,21,22). The molecule has 0 spiro atoms. The quantitative estimate of drug-likeness (QED) is 0.609. The van der Waals surface area contributed by atoms with E-state index in [1.807, 2.05) is 0 Å². The highest BCUT2D eigenvalue weighted by Crippen LogP contribution is 2.28. The van der Waals surface area contributed by atoms with E-state index in [4.69, 9.17) is 0 Å². The summed E-state index contributed by atoms with van der Waals surface area (Å²) >= 11 is 1.48. The van der Waals surface area contributed by atoms with Gasteiger partial charge in [-0.05, 0) is 30.4 Å². The van der Waals surface area contributed by atoms with Gasteiger partial charge in [0.2, 0.25) is 0 Å². The molecular weight excluding hydrogens is 348 g/mol. The van der Waals surface area contributed by atoms with Crippen molar-refractivity contribution in [2.45, 2.75) is 12.0 Å². The highest BCUT2D eigenvalue weighted by Gasteiger charge is 2.43. The van der Waals surface area contributed by atoms with Crippen LogP contribution in [0.2, 0.25) is 0 Å². The molecule has 0 aliphatic carbocycles. The number of rotatable bonds is 5. The normalized spacial score (nSPS) is 19.5. The van der Waals surface area contributed by atoms with Crippen molar-refractivity contribution >= 4 is 29.3 Å². The Labute approximate surface area is 146 Å². The van der Waals surface area contributed by atoms with Crippen LogP contribution in [0.5, 0.6) is 0 Å². The van der Waals surface area contributed by atoms with Crippen molar-refractivity contribution in [3.8, 4) is 5.69 Å². The molecule has 2 heterocycles. The molecule has 1 unspecified atom stereocenters. The Morgan fingerprint density at radius 3 is 2.60 bits per heavy atom. The van der Waals surface area contributed by atoms with Crippen LogP contribution in [-0.4, -0.2) is 48.7 Å². The lowest BCUT2D eigenvalue weighted by Crippen LogP contribution is -2.54. The molecule has 25 heavy (non-hydrogen) atoms. The van der Waals surface area contributed by atoms with E-state index in [0.29, 0.717) is 23.6 Å². The van der Waals surface area contributed by atoms with Gasteiger partial charge in [-0.1, -0.05) is 0 Å². The van der Waals surface area contributed by atoms with E-state index in [9.17, 15) is 24.8 Å². The Morgan fingerprint density at radius 1 is 1.32 bits per heavy atom. The SMILES string of the molecule is O=C(NC1(C(=O)O)CCSC1)c1ccn(-c2ccc([N+](=O)[O-])cc2)n1. The van der Waals surface area contributed by atoms with E-state index in [2.05, 4.69) is 10.4 Å². The predicted molar refractivity (Wildman–Crippen MR) is 90.0 cm³/mol. The smallest absolute Gasteiger partial charge is 0.330 e. The third kappa shape index (κ3) is 3.33. The second-order valence-corrected chi connectivity index (χ2v) is 6.67. The van der Waals surface area contributed by atoms with Crippen LogP contribution < -0.4 is 5.32 Å². The fourth-order valence-corrected chi connectivity index (χ4v) is 3.81. The molecule has 1 fully saturated rings. The number of amides is 1. The van der Waals surface area contributed by atoms with Gasteiger partial charge in [-0.2, -0.15) is 16.9 Å². The van der Waals surface area contributed by atoms with E-state index < -0.39 is 22.3 Å². The summed E-state index contributed by atoms with van der Waals surface area (Å²) < 4.78 is 1.40. The molecule has 0 radical (unpaired) electrons. The van der Waals surface area contributed by atoms with Crippen molar-refractivity contribution in [1.29, 1.82) is 0 Å². The van der Waals surface area contributed by atoms with Gasteiger partial charge in [0.25, 0.3) is 11.6 Å². The van der Waals surface area contributed by atoms with Gasteiger partial charge >= 0.3 is 5.97 Å². The van der Waals surface area contributed by atoms with Gasteiger partial charge in [0.05, 0.1) is 10.6 Å². The van der Waals surface area contributed by atoms with Crippen LogP contribution in [0.15, 0.2) is 36.5 Å². The van der Waals surface area contributed by atoms with Gasteiger partial charge in [-0.15, -0.1) is 0 Å². The highest BCUT2D eigenvalue weighted by atomic mass is 32.2. The van der Waals surface area contributed by atoms with Crippen molar-refractivity contribution in [2.75, 3.05) is 11.5 Å². The van der Waals surface area contributed by atoms with Gasteiger partial charge < -0.3 is 10.4 Å². The predicted octanol–water partition coefficient (Wildman–Crippen LogP) is 1.47. The zero-order valence-electron chi connectivity index (χ0n) is 12.9. The first-order valence-electron chi connectivity index (χ1n) is 7.35. The number of carboxylic acids is 1. The van der Waals surface area contributed by atoms with Crippen molar-refractivity contribution < 1.29 is 19.6 Å². The topological polar surface area (TPSA) is 127 Å². The molecule has 1 aliphatic heterocycles. The van der Waals surface area contributed by atoms with Crippen LogP contribution in [0.4, 0.5) is 5.69 Å². The van der Waals surface area contributed by atoms with Crippen molar-refractivity contribution in [3.05, 3.63) is 52.3 Å². The Balaban J connectivity index is 1.77. The van der Waals surface area contributed by atoms with E-state index in [0.717, 1.165) is 0 Å². The lowest BCUT2D eigenvalue weighted by Gasteiger charge is -2.23. The lowest BCUT2D eigenvalue weighted by molar-refractivity contribution is -0.384. The number of non-ortho nitro benzene ring substituents is 1. The summed E-state index contributed by atoms with van der Waals surface area (Å²) in [5.74, 6) is -0.632. The molecule has 1 atom stereocenters. The molecule has 1 saturated heterocycles. The summed E-state index contributed by atoms with van der Waals surface area (Å²) in [5.41, 5.74) is -0.681. The number of carbonyl (C=O) groups excluding carboxylic acids is 1. The number of nitrogens with zero attached hydrogens (tertiary/aromatic N) is 3. The van der Waals surface area contributed by atoms with E-state index in [-0.39, 0.29) is 11.4 Å². The number of hydrogen-bond donors (Lipinski definition) is 2. The van der Waals surface area contributed by atoms with E-state index in [1.165, 1.54) is 53.0 Å². The monoisotopic (exact) mass is 362 g/mol. The maximum Gasteiger partial charge on any atom is 0.330 e. The van der Waals surface area contributed by atoms with Gasteiger partial charge in [0.1, 0.15) is 5.54 Å². The fraction of sp³-hybridized carbons (Fsp3) is 0.267. The fourth-order valence-electron chi connectivity index (χ4n) is 2.48. The van der Waals surface area contributed by atoms with E-state index in [1.54, 1.807) is 0 Å². The maximum absolute atomic E-state index is 12.3. The summed E-state index contributed by atoms with van der Waals surface area (Å²) in [4.78, 5) is 34.0. The average Bonchev–Trinajstić information content (AvgIpc) is 3.25. The first-order valence-corrected chi connectivity index (χ1v) is 8.51. The number of benzene rings is 1. The molecule has 1 aromatic heterocycles. The van der Waals surface area contributed by atoms with Crippen LogP contribution in [0, 0.1) is 10.1 Å². The number of thioether (sulfide) groups is 1. The lowest BCUT2D eigenvalue weighted by atomic mass is 9.99. The van der Waals surface area contributed by atoms with Gasteiger partial charge in [0.15, 0.2) is 5.69 Å². The van der Waals surface area contributed by atoms with Crippen molar-refractivity contribution in [3.63, 3.8) is 0 Å². The first-order chi connectivity index (χ1) is 11.9. The van der Waals surface area contributed by atoms with Crippen LogP contribution in [0.3, 0.4) is 0 Å². The van der Waals surface area contributed by atoms with Crippen LogP contribution in [0.25, 0.3) is 5.69 Å². The highest BCUT2D eigenvalue weighted by molar-refractivity contribution is 7.99. The second kappa shape index (κ2) is 6.55. The molecule has 2 N–H and O–H groups in total. The number of aliphatic carboxylic acids is 1. The van der Waals surface area contributed by atoms with Crippen LogP contribution in [0.1, 0.15) is 16.9 Å². The second-order valence-electron chi connectivity index (χ2n) is 5.56. The largest absolute Gasteiger partial charge is 0.479 e. The Morgan fingerprint density at radius 2 is 2.04 bits per heavy atom. The molecule has 3 rings (SSSR count). The molecule has 1 amide bonds. The van der Waals surface area contributed by atoms with E-state index >= 15 is 0 Å². The van der Waals surface area contributed by atoms with Gasteiger partial charge in [-0.3, -0.25) is 14.9 Å². The van der Waals surface area contributed by atoms with Gasteiger partial charge in [-0.25, -0.2) is 9.48 Å². The molecule has 130 valence electrons. The number of nitrogens with one attached hydrogen (secondary N) is 1. The first kappa shape index (κ1) is 17.0. The number of nitro groups is 1. The molecule has 1 aromatic carbocycles. The number of aromatic nitrogens is 2. The molecule has 0 saturated carbocycles. The zero-order chi connectivity index (χ0) is 18.0. The number of carbonyl (C=O) groups is 2. The number of hydrogen-bond acceptors (Lipinski definition) is 6. The minimum Gasteiger partial charge on any atom is -0.479 e. The minimum atomic E-state index is -1.26. The molecule has 2 aromatic rings. The molecule has 9 nitrogen and oxygen atoms in total. The summed E-state index contributed by atoms with van der Waals surface area (Å²) in [7, 11) is 0. The molecule has 10 heteroatoms. The van der Waals surface area contributed by atoms with Crippen molar-refractivity contribution in [2.24, 2.45) is 0 Å².